The molecule has 1 atom stereocenters. The Labute approximate surface area is 183 Å². The molecule has 1 aliphatic heterocycles. The van der Waals surface area contributed by atoms with Gasteiger partial charge in [0.15, 0.2) is 0 Å². The lowest BCUT2D eigenvalue weighted by Gasteiger charge is -2.48. The summed E-state index contributed by atoms with van der Waals surface area (Å²) in [5.41, 5.74) is 1.53. The Morgan fingerprint density at radius 2 is 1.07 bits per heavy atom. The molecule has 1 heterocycles. The molecule has 3 heteroatoms. The first-order valence-electron chi connectivity index (χ1n) is 11.0. The summed E-state index contributed by atoms with van der Waals surface area (Å²) in [4.78, 5) is 5.30. The molecule has 1 fully saturated rings. The van der Waals surface area contributed by atoms with E-state index in [1.54, 1.807) is 0 Å². The number of anilines is 1. The van der Waals surface area contributed by atoms with E-state index in [0.717, 1.165) is 26.2 Å². The third kappa shape index (κ3) is 4.77. The summed E-state index contributed by atoms with van der Waals surface area (Å²) < 4.78 is 0. The minimum absolute atomic E-state index is 0.187. The zero-order chi connectivity index (χ0) is 21.0. The Balaban J connectivity index is 1.64. The van der Waals surface area contributed by atoms with E-state index in [-0.39, 0.29) is 5.41 Å². The summed E-state index contributed by atoms with van der Waals surface area (Å²) in [6.45, 7) is 11.6. The van der Waals surface area contributed by atoms with Crippen molar-refractivity contribution in [2.75, 3.05) is 31.1 Å². The largest absolute Gasteiger partial charge is 0.369 e. The molecule has 0 aromatic heterocycles. The van der Waals surface area contributed by atoms with Gasteiger partial charge in [0.1, 0.15) is 0 Å². The molecule has 1 unspecified atom stereocenters. The number of nitrogens with zero attached hydrogens (tertiary/aromatic N) is 2. The Morgan fingerprint density at radius 3 is 1.50 bits per heavy atom. The molecule has 0 N–H and O–H groups in total. The van der Waals surface area contributed by atoms with Gasteiger partial charge in [-0.3, -0.25) is 4.90 Å². The predicted molar refractivity (Wildman–Crippen MR) is 133 cm³/mol. The van der Waals surface area contributed by atoms with Crippen LogP contribution in [0, 0.1) is 5.41 Å². The average Bonchev–Trinajstić information content (AvgIpc) is 2.78. The highest BCUT2D eigenvalue weighted by Gasteiger charge is 2.39. The highest BCUT2D eigenvalue weighted by Crippen LogP contribution is 2.49. The van der Waals surface area contributed by atoms with Crippen molar-refractivity contribution in [1.82, 2.24) is 4.90 Å². The van der Waals surface area contributed by atoms with Crippen LogP contribution in [0.5, 0.6) is 0 Å². The van der Waals surface area contributed by atoms with Crippen LogP contribution >= 0.6 is 7.92 Å². The van der Waals surface area contributed by atoms with Crippen LogP contribution in [-0.2, 0) is 0 Å². The first-order chi connectivity index (χ1) is 14.5. The van der Waals surface area contributed by atoms with Gasteiger partial charge in [-0.05, 0) is 36.1 Å². The Bertz CT molecular complexity index is 858. The molecular weight excluding hydrogens is 383 g/mol. The zero-order valence-corrected chi connectivity index (χ0v) is 19.3. The van der Waals surface area contributed by atoms with Crippen LogP contribution < -0.4 is 15.5 Å². The third-order valence-electron chi connectivity index (χ3n) is 5.87. The fraction of sp³-hybridized carbons (Fsp3) is 0.333. The second kappa shape index (κ2) is 9.33. The second-order valence-corrected chi connectivity index (χ2v) is 11.4. The van der Waals surface area contributed by atoms with Crippen LogP contribution in [0.4, 0.5) is 5.69 Å². The molecule has 3 aromatic carbocycles. The number of hydrogen-bond acceptors (Lipinski definition) is 2. The molecule has 0 bridgehead atoms. The minimum atomic E-state index is -0.486. The van der Waals surface area contributed by atoms with Gasteiger partial charge in [0.05, 0.1) is 0 Å². The minimum Gasteiger partial charge on any atom is -0.369 e. The summed E-state index contributed by atoms with van der Waals surface area (Å²) in [5, 5.41) is 2.95. The number of piperazine rings is 1. The zero-order valence-electron chi connectivity index (χ0n) is 18.4. The van der Waals surface area contributed by atoms with Gasteiger partial charge < -0.3 is 4.90 Å². The molecule has 30 heavy (non-hydrogen) atoms. The van der Waals surface area contributed by atoms with Gasteiger partial charge in [0, 0.05) is 37.6 Å². The van der Waals surface area contributed by atoms with Gasteiger partial charge in [0.2, 0.25) is 0 Å². The van der Waals surface area contributed by atoms with Crippen molar-refractivity contribution in [1.29, 1.82) is 0 Å². The predicted octanol–water partition coefficient (Wildman–Crippen LogP) is 5.31. The average molecular weight is 417 g/mol. The molecule has 1 saturated heterocycles. The summed E-state index contributed by atoms with van der Waals surface area (Å²) in [6, 6.07) is 33.2. The SMILES string of the molecule is CC(C)(C)C(N1CCN(c2ccccc2)CC1)P(c1ccccc1)c1ccccc1. The lowest BCUT2D eigenvalue weighted by atomic mass is 9.95. The lowest BCUT2D eigenvalue weighted by molar-refractivity contribution is 0.153. The summed E-state index contributed by atoms with van der Waals surface area (Å²) >= 11 is 0. The Morgan fingerprint density at radius 1 is 0.633 bits per heavy atom. The van der Waals surface area contributed by atoms with Gasteiger partial charge in [-0.15, -0.1) is 0 Å². The van der Waals surface area contributed by atoms with Crippen LogP contribution in [0.1, 0.15) is 20.8 Å². The van der Waals surface area contributed by atoms with E-state index in [2.05, 4.69) is 122 Å². The van der Waals surface area contributed by atoms with Gasteiger partial charge in [-0.1, -0.05) is 99.6 Å². The molecule has 156 valence electrons. The smallest absolute Gasteiger partial charge is 0.0428 e. The number of para-hydroxylation sites is 1. The maximum absolute atomic E-state index is 2.77. The third-order valence-corrected chi connectivity index (χ3v) is 9.17. The maximum Gasteiger partial charge on any atom is 0.0428 e. The monoisotopic (exact) mass is 416 g/mol. The van der Waals surface area contributed by atoms with E-state index >= 15 is 0 Å². The molecule has 0 spiro atoms. The van der Waals surface area contributed by atoms with E-state index < -0.39 is 7.92 Å². The molecular formula is C27H33N2P. The van der Waals surface area contributed by atoms with E-state index in [4.69, 9.17) is 0 Å². The van der Waals surface area contributed by atoms with Crippen molar-refractivity contribution in [3.05, 3.63) is 91.0 Å². The topological polar surface area (TPSA) is 6.48 Å². The van der Waals surface area contributed by atoms with Gasteiger partial charge in [-0.2, -0.15) is 0 Å². The van der Waals surface area contributed by atoms with Crippen molar-refractivity contribution >= 4 is 24.2 Å². The van der Waals surface area contributed by atoms with Crippen LogP contribution in [0.2, 0.25) is 0 Å². The summed E-state index contributed by atoms with van der Waals surface area (Å²) in [5.74, 6) is 0.496. The number of hydrogen-bond donors (Lipinski definition) is 0. The maximum atomic E-state index is 2.77. The molecule has 4 rings (SSSR count). The van der Waals surface area contributed by atoms with Gasteiger partial charge in [0.25, 0.3) is 0 Å². The van der Waals surface area contributed by atoms with Gasteiger partial charge in [-0.25, -0.2) is 0 Å². The first kappa shape index (κ1) is 21.1. The van der Waals surface area contributed by atoms with Crippen LogP contribution in [0.25, 0.3) is 0 Å². The highest BCUT2D eigenvalue weighted by molar-refractivity contribution is 7.73. The molecule has 3 aromatic rings. The molecule has 0 saturated carbocycles. The first-order valence-corrected chi connectivity index (χ1v) is 12.4. The second-order valence-electron chi connectivity index (χ2n) is 9.14. The molecule has 2 nitrogen and oxygen atoms in total. The molecule has 0 radical (unpaired) electrons. The normalized spacial score (nSPS) is 16.6. The van der Waals surface area contributed by atoms with Crippen molar-refractivity contribution in [3.63, 3.8) is 0 Å². The quantitative estimate of drug-likeness (QED) is 0.520. The van der Waals surface area contributed by atoms with Crippen LogP contribution in [-0.4, -0.2) is 36.9 Å². The fourth-order valence-electron chi connectivity index (χ4n) is 4.57. The van der Waals surface area contributed by atoms with E-state index in [0.29, 0.717) is 5.78 Å². The van der Waals surface area contributed by atoms with Crippen molar-refractivity contribution in [2.24, 2.45) is 5.41 Å². The lowest BCUT2D eigenvalue weighted by Crippen LogP contribution is -2.54. The van der Waals surface area contributed by atoms with E-state index in [1.807, 2.05) is 0 Å². The standard InChI is InChI=1S/C27H33N2P/c1-27(2,3)26(29-21-19-28(20-22-29)23-13-7-4-8-14-23)30(24-15-9-5-10-16-24)25-17-11-6-12-18-25/h4-18,26H,19-22H2,1-3H3. The summed E-state index contributed by atoms with van der Waals surface area (Å²) in [6.07, 6.45) is 0. The summed E-state index contributed by atoms with van der Waals surface area (Å²) in [7, 11) is -0.486. The Kier molecular flexibility index (Phi) is 6.56. The van der Waals surface area contributed by atoms with E-state index in [1.165, 1.54) is 16.3 Å². The van der Waals surface area contributed by atoms with Crippen LogP contribution in [0.3, 0.4) is 0 Å². The van der Waals surface area contributed by atoms with Crippen molar-refractivity contribution in [2.45, 2.75) is 26.6 Å². The highest BCUT2D eigenvalue weighted by atomic mass is 31.1. The fourth-order valence-corrected chi connectivity index (χ4v) is 7.75. The number of benzene rings is 3. The Hall–Kier alpha value is -2.15. The van der Waals surface area contributed by atoms with E-state index in [9.17, 15) is 0 Å². The molecule has 1 aliphatic rings. The number of rotatable bonds is 5. The van der Waals surface area contributed by atoms with Crippen molar-refractivity contribution in [3.8, 4) is 0 Å². The van der Waals surface area contributed by atoms with Crippen LogP contribution in [0.15, 0.2) is 91.0 Å². The van der Waals surface area contributed by atoms with Gasteiger partial charge >= 0.3 is 0 Å². The van der Waals surface area contributed by atoms with Crippen molar-refractivity contribution < 1.29 is 0 Å². The molecule has 0 aliphatic carbocycles. The molecule has 0 amide bonds.